The number of aryl methyl sites for hydroxylation is 1. The number of carbonyl (C=O) groups excluding carboxylic acids is 1. The minimum atomic E-state index is -0.00373. The summed E-state index contributed by atoms with van der Waals surface area (Å²) in [5.41, 5.74) is 1.58. The van der Waals surface area contributed by atoms with Crippen molar-refractivity contribution in [3.8, 4) is 5.75 Å². The Balaban J connectivity index is 2.71. The maximum atomic E-state index is 11.7. The highest BCUT2D eigenvalue weighted by atomic mass is 35.5. The smallest absolute Gasteiger partial charge is 0.225 e. The molecule has 0 fully saturated rings. The predicted octanol–water partition coefficient (Wildman–Crippen LogP) is 3.74. The van der Waals surface area contributed by atoms with Crippen LogP contribution in [-0.2, 0) is 4.79 Å². The van der Waals surface area contributed by atoms with Gasteiger partial charge in [-0.25, -0.2) is 0 Å². The molecule has 0 spiro atoms. The lowest BCUT2D eigenvalue weighted by atomic mass is 10.2. The van der Waals surface area contributed by atoms with E-state index in [2.05, 4.69) is 12.2 Å². The van der Waals surface area contributed by atoms with Gasteiger partial charge < -0.3 is 10.1 Å². The number of hydrogen-bond acceptors (Lipinski definition) is 3. The van der Waals surface area contributed by atoms with Crippen LogP contribution in [0.1, 0.15) is 18.9 Å². The molecule has 0 aliphatic rings. The van der Waals surface area contributed by atoms with Crippen LogP contribution in [0.5, 0.6) is 5.75 Å². The molecule has 0 heterocycles. The minimum absolute atomic E-state index is 0.00373. The Morgan fingerprint density at radius 3 is 2.83 bits per heavy atom. The summed E-state index contributed by atoms with van der Waals surface area (Å²) in [6.45, 7) is 3.97. The number of thioether (sulfide) groups is 1. The minimum Gasteiger partial charge on any atom is -0.495 e. The van der Waals surface area contributed by atoms with E-state index in [1.165, 1.54) is 0 Å². The van der Waals surface area contributed by atoms with Crippen molar-refractivity contribution >= 4 is 35.0 Å². The van der Waals surface area contributed by atoms with Crippen LogP contribution in [0.15, 0.2) is 12.1 Å². The number of methoxy groups -OCH3 is 1. The molecule has 0 unspecified atom stereocenters. The molecular weight excluding hydrogens is 270 g/mol. The SMILES string of the molecule is CCSCCC(=O)Nc1cc(C)c(Cl)cc1OC. The van der Waals surface area contributed by atoms with Gasteiger partial charge in [0.1, 0.15) is 5.75 Å². The second kappa shape index (κ2) is 7.54. The lowest BCUT2D eigenvalue weighted by Crippen LogP contribution is -2.13. The Morgan fingerprint density at radius 2 is 2.22 bits per heavy atom. The van der Waals surface area contributed by atoms with Crippen LogP contribution in [0.2, 0.25) is 5.02 Å². The van der Waals surface area contributed by atoms with Crippen molar-refractivity contribution in [3.05, 3.63) is 22.7 Å². The molecule has 5 heteroatoms. The molecule has 3 nitrogen and oxygen atoms in total. The van der Waals surface area contributed by atoms with E-state index in [0.717, 1.165) is 17.1 Å². The normalized spacial score (nSPS) is 10.2. The Labute approximate surface area is 117 Å². The van der Waals surface area contributed by atoms with Crippen LogP contribution in [0.3, 0.4) is 0 Å². The first-order valence-corrected chi connectivity index (χ1v) is 7.33. The standard InChI is InChI=1S/C13H18ClNO2S/c1-4-18-6-5-13(16)15-11-7-9(2)10(14)8-12(11)17-3/h7-8H,4-6H2,1-3H3,(H,15,16). The molecule has 0 atom stereocenters. The summed E-state index contributed by atoms with van der Waals surface area (Å²) >= 11 is 7.76. The van der Waals surface area contributed by atoms with Crippen molar-refractivity contribution in [2.24, 2.45) is 0 Å². The predicted molar refractivity (Wildman–Crippen MR) is 79.0 cm³/mol. The second-order valence-electron chi connectivity index (χ2n) is 3.80. The largest absolute Gasteiger partial charge is 0.495 e. The van der Waals surface area contributed by atoms with Crippen molar-refractivity contribution in [2.75, 3.05) is 23.9 Å². The van der Waals surface area contributed by atoms with E-state index in [9.17, 15) is 4.79 Å². The average molecular weight is 288 g/mol. The molecular formula is C13H18ClNO2S. The lowest BCUT2D eigenvalue weighted by molar-refractivity contribution is -0.115. The van der Waals surface area contributed by atoms with Gasteiger partial charge in [-0.05, 0) is 24.3 Å². The van der Waals surface area contributed by atoms with Crippen molar-refractivity contribution in [1.82, 2.24) is 0 Å². The molecule has 0 saturated heterocycles. The maximum absolute atomic E-state index is 11.7. The highest BCUT2D eigenvalue weighted by molar-refractivity contribution is 7.99. The Kier molecular flexibility index (Phi) is 6.36. The number of ether oxygens (including phenoxy) is 1. The number of carbonyl (C=O) groups is 1. The first-order valence-electron chi connectivity index (χ1n) is 5.80. The zero-order valence-corrected chi connectivity index (χ0v) is 12.5. The third-order valence-corrected chi connectivity index (χ3v) is 3.74. The fourth-order valence-corrected chi connectivity index (χ4v) is 2.22. The number of anilines is 1. The first-order chi connectivity index (χ1) is 8.58. The third-order valence-electron chi connectivity index (χ3n) is 2.43. The molecule has 1 rings (SSSR count). The molecule has 100 valence electrons. The summed E-state index contributed by atoms with van der Waals surface area (Å²) in [5, 5.41) is 3.48. The number of benzene rings is 1. The number of amides is 1. The maximum Gasteiger partial charge on any atom is 0.225 e. The van der Waals surface area contributed by atoms with E-state index >= 15 is 0 Å². The summed E-state index contributed by atoms with van der Waals surface area (Å²) in [6, 6.07) is 3.54. The molecule has 18 heavy (non-hydrogen) atoms. The van der Waals surface area contributed by atoms with E-state index in [1.54, 1.807) is 24.9 Å². The van der Waals surface area contributed by atoms with E-state index < -0.39 is 0 Å². The van der Waals surface area contributed by atoms with Crippen LogP contribution < -0.4 is 10.1 Å². The molecule has 0 saturated carbocycles. The fourth-order valence-electron chi connectivity index (χ4n) is 1.45. The van der Waals surface area contributed by atoms with E-state index in [1.807, 2.05) is 13.0 Å². The molecule has 0 aliphatic carbocycles. The van der Waals surface area contributed by atoms with E-state index in [-0.39, 0.29) is 5.91 Å². The van der Waals surface area contributed by atoms with Gasteiger partial charge >= 0.3 is 0 Å². The summed E-state index contributed by atoms with van der Waals surface area (Å²) in [5.74, 6) is 2.44. The molecule has 0 aliphatic heterocycles. The topological polar surface area (TPSA) is 38.3 Å². The average Bonchev–Trinajstić information content (AvgIpc) is 2.34. The van der Waals surface area contributed by atoms with Crippen molar-refractivity contribution < 1.29 is 9.53 Å². The van der Waals surface area contributed by atoms with Crippen LogP contribution in [0.25, 0.3) is 0 Å². The van der Waals surface area contributed by atoms with E-state index in [0.29, 0.717) is 22.9 Å². The molecule has 1 aromatic rings. The van der Waals surface area contributed by atoms with Gasteiger partial charge in [0.2, 0.25) is 5.91 Å². The van der Waals surface area contributed by atoms with Gasteiger partial charge in [-0.1, -0.05) is 18.5 Å². The molecule has 0 aromatic heterocycles. The van der Waals surface area contributed by atoms with Crippen molar-refractivity contribution in [2.45, 2.75) is 20.3 Å². The highest BCUT2D eigenvalue weighted by Gasteiger charge is 2.10. The van der Waals surface area contributed by atoms with Crippen LogP contribution in [-0.4, -0.2) is 24.5 Å². The number of nitrogens with one attached hydrogen (secondary N) is 1. The first kappa shape index (κ1) is 15.2. The second-order valence-corrected chi connectivity index (χ2v) is 5.60. The number of hydrogen-bond donors (Lipinski definition) is 1. The molecule has 1 amide bonds. The van der Waals surface area contributed by atoms with Gasteiger partial charge in [0.05, 0.1) is 12.8 Å². The molecule has 1 N–H and O–H groups in total. The monoisotopic (exact) mass is 287 g/mol. The zero-order chi connectivity index (χ0) is 13.5. The summed E-state index contributed by atoms with van der Waals surface area (Å²) in [7, 11) is 1.56. The quantitative estimate of drug-likeness (QED) is 0.810. The van der Waals surface area contributed by atoms with Gasteiger partial charge in [-0.3, -0.25) is 4.79 Å². The zero-order valence-electron chi connectivity index (χ0n) is 10.9. The highest BCUT2D eigenvalue weighted by Crippen LogP contribution is 2.31. The van der Waals surface area contributed by atoms with Gasteiger partial charge in [0.15, 0.2) is 0 Å². The number of rotatable bonds is 6. The fraction of sp³-hybridized carbons (Fsp3) is 0.462. The van der Waals surface area contributed by atoms with Crippen LogP contribution in [0.4, 0.5) is 5.69 Å². The Hall–Kier alpha value is -0.870. The van der Waals surface area contributed by atoms with Crippen molar-refractivity contribution in [1.29, 1.82) is 0 Å². The summed E-state index contributed by atoms with van der Waals surface area (Å²) < 4.78 is 5.20. The molecule has 0 radical (unpaired) electrons. The van der Waals surface area contributed by atoms with E-state index in [4.69, 9.17) is 16.3 Å². The molecule has 1 aromatic carbocycles. The third kappa shape index (κ3) is 4.42. The summed E-state index contributed by atoms with van der Waals surface area (Å²) in [4.78, 5) is 11.7. The number of halogens is 1. The van der Waals surface area contributed by atoms with Gasteiger partial charge in [0.25, 0.3) is 0 Å². The van der Waals surface area contributed by atoms with Crippen LogP contribution >= 0.6 is 23.4 Å². The lowest BCUT2D eigenvalue weighted by Gasteiger charge is -2.12. The Morgan fingerprint density at radius 1 is 1.50 bits per heavy atom. The molecule has 0 bridgehead atoms. The van der Waals surface area contributed by atoms with Crippen molar-refractivity contribution in [3.63, 3.8) is 0 Å². The van der Waals surface area contributed by atoms with Gasteiger partial charge in [-0.2, -0.15) is 11.8 Å². The van der Waals surface area contributed by atoms with Crippen LogP contribution in [0, 0.1) is 6.92 Å². The van der Waals surface area contributed by atoms with Gasteiger partial charge in [0, 0.05) is 23.3 Å². The van der Waals surface area contributed by atoms with Gasteiger partial charge in [-0.15, -0.1) is 0 Å². The Bertz CT molecular complexity index is 424. The summed E-state index contributed by atoms with van der Waals surface area (Å²) in [6.07, 6.45) is 0.503.